The molecule has 1 aliphatic rings. The summed E-state index contributed by atoms with van der Waals surface area (Å²) in [5.74, 6) is -2.37. The highest BCUT2D eigenvalue weighted by atomic mass is 32.1. The topological polar surface area (TPSA) is 134 Å². The first-order valence-corrected chi connectivity index (χ1v) is 11.0. The van der Waals surface area contributed by atoms with Crippen LogP contribution in [0.3, 0.4) is 0 Å². The van der Waals surface area contributed by atoms with E-state index in [-0.39, 0.29) is 18.9 Å². The van der Waals surface area contributed by atoms with Crippen LogP contribution in [0.15, 0.2) is 48.5 Å². The molecule has 6 N–H and O–H groups in total. The molecule has 1 saturated heterocycles. The van der Waals surface area contributed by atoms with Gasteiger partial charge in [-0.2, -0.15) is 12.6 Å². The lowest BCUT2D eigenvalue weighted by atomic mass is 9.98. The third-order valence-corrected chi connectivity index (χ3v) is 5.78. The number of primary amides is 1. The van der Waals surface area contributed by atoms with E-state index >= 15 is 0 Å². The van der Waals surface area contributed by atoms with Gasteiger partial charge in [-0.25, -0.2) is 4.79 Å². The molecule has 0 radical (unpaired) electrons. The molecule has 8 nitrogen and oxygen atoms in total. The van der Waals surface area contributed by atoms with Gasteiger partial charge in [-0.3, -0.25) is 9.59 Å². The highest BCUT2D eigenvalue weighted by molar-refractivity contribution is 7.81. The quantitative estimate of drug-likeness (QED) is 0.302. The number of carbonyl (C=O) groups is 3. The molecule has 0 aliphatic carbocycles. The molecule has 0 bridgehead atoms. The van der Waals surface area contributed by atoms with Crippen LogP contribution in [0.2, 0.25) is 0 Å². The molecule has 0 spiro atoms. The lowest BCUT2D eigenvalue weighted by Crippen LogP contribution is -2.41. The van der Waals surface area contributed by atoms with E-state index < -0.39 is 23.8 Å². The third kappa shape index (κ3) is 6.48. The minimum Gasteiger partial charge on any atom is -0.480 e. The zero-order chi connectivity index (χ0) is 23.1. The largest absolute Gasteiger partial charge is 0.480 e. The second-order valence-electron chi connectivity index (χ2n) is 7.87. The van der Waals surface area contributed by atoms with Gasteiger partial charge in [-0.15, -0.1) is 0 Å². The van der Waals surface area contributed by atoms with Crippen LogP contribution in [0.5, 0.6) is 0 Å². The standard InChI is InChI=1S/C23H28N4O4S/c24-21(28)9-8-20(23(30)31)27-22(29)19-11-15(25-12-16-10-17(32)13-26-16)6-7-18(19)14-4-2-1-3-5-14/h1-7,11,16-17,20,25-26,32H,8-10,12-13H2,(H2,24,28)(H,27,29)(H,30,31)/t16-,17?,20?/m0/s1. The number of nitrogens with one attached hydrogen (secondary N) is 3. The van der Waals surface area contributed by atoms with Crippen molar-refractivity contribution in [3.63, 3.8) is 0 Å². The second kappa shape index (κ2) is 11.0. The van der Waals surface area contributed by atoms with Crippen LogP contribution in [0.4, 0.5) is 5.69 Å². The fourth-order valence-electron chi connectivity index (χ4n) is 3.69. The molecule has 2 aromatic rings. The van der Waals surface area contributed by atoms with Gasteiger partial charge in [0, 0.05) is 42.1 Å². The third-order valence-electron chi connectivity index (χ3n) is 5.38. The molecule has 1 aliphatic heterocycles. The Morgan fingerprint density at radius 1 is 1.19 bits per heavy atom. The average Bonchev–Trinajstić information content (AvgIpc) is 3.20. The molecule has 1 heterocycles. The van der Waals surface area contributed by atoms with Crippen LogP contribution in [0, 0.1) is 0 Å². The van der Waals surface area contributed by atoms with Gasteiger partial charge in [-0.05, 0) is 36.1 Å². The van der Waals surface area contributed by atoms with Gasteiger partial charge in [0.25, 0.3) is 5.91 Å². The first-order valence-electron chi connectivity index (χ1n) is 10.5. The Labute approximate surface area is 192 Å². The highest BCUT2D eigenvalue weighted by Crippen LogP contribution is 2.27. The number of benzene rings is 2. The van der Waals surface area contributed by atoms with Crippen LogP contribution < -0.4 is 21.7 Å². The lowest BCUT2D eigenvalue weighted by molar-refractivity contribution is -0.139. The molecule has 3 rings (SSSR count). The van der Waals surface area contributed by atoms with Gasteiger partial charge in [0.2, 0.25) is 5.91 Å². The number of carbonyl (C=O) groups excluding carboxylic acids is 2. The van der Waals surface area contributed by atoms with Crippen molar-refractivity contribution in [2.45, 2.75) is 36.6 Å². The first-order chi connectivity index (χ1) is 15.3. The van der Waals surface area contributed by atoms with Crippen molar-refractivity contribution in [2.75, 3.05) is 18.4 Å². The van der Waals surface area contributed by atoms with Crippen molar-refractivity contribution >= 4 is 36.1 Å². The summed E-state index contributed by atoms with van der Waals surface area (Å²) in [6.45, 7) is 1.54. The van der Waals surface area contributed by atoms with Crippen molar-refractivity contribution in [1.29, 1.82) is 0 Å². The van der Waals surface area contributed by atoms with Crippen LogP contribution in [0.25, 0.3) is 11.1 Å². The number of carboxylic acids is 1. The van der Waals surface area contributed by atoms with Gasteiger partial charge in [-0.1, -0.05) is 36.4 Å². The fourth-order valence-corrected chi connectivity index (χ4v) is 4.05. The summed E-state index contributed by atoms with van der Waals surface area (Å²) in [6.07, 6.45) is 0.740. The SMILES string of the molecule is NC(=O)CCC(NC(=O)c1cc(NC[C@@H]2CC(S)CN2)ccc1-c1ccccc1)C(=O)O. The van der Waals surface area contributed by atoms with E-state index in [0.717, 1.165) is 24.2 Å². The molecule has 3 atom stereocenters. The molecule has 170 valence electrons. The normalized spacial score (nSPS) is 18.7. The fraction of sp³-hybridized carbons (Fsp3) is 0.348. The van der Waals surface area contributed by atoms with Gasteiger partial charge in [0.05, 0.1) is 0 Å². The molecule has 9 heteroatoms. The Morgan fingerprint density at radius 2 is 1.94 bits per heavy atom. The van der Waals surface area contributed by atoms with Gasteiger partial charge < -0.3 is 26.8 Å². The van der Waals surface area contributed by atoms with Crippen LogP contribution in [-0.4, -0.2) is 53.3 Å². The molecular formula is C23H28N4O4S. The lowest BCUT2D eigenvalue weighted by Gasteiger charge is -2.18. The molecule has 32 heavy (non-hydrogen) atoms. The molecule has 2 unspecified atom stereocenters. The maximum Gasteiger partial charge on any atom is 0.326 e. The number of hydrogen-bond donors (Lipinski definition) is 6. The molecule has 0 aromatic heterocycles. The summed E-state index contributed by atoms with van der Waals surface area (Å²) in [7, 11) is 0. The highest BCUT2D eigenvalue weighted by Gasteiger charge is 2.24. The van der Waals surface area contributed by atoms with Crippen molar-refractivity contribution < 1.29 is 19.5 Å². The van der Waals surface area contributed by atoms with E-state index in [9.17, 15) is 19.5 Å². The van der Waals surface area contributed by atoms with Gasteiger partial charge in [0.15, 0.2) is 0 Å². The Bertz CT molecular complexity index is 970. The smallest absolute Gasteiger partial charge is 0.326 e. The van der Waals surface area contributed by atoms with E-state index in [1.807, 2.05) is 42.5 Å². The maximum absolute atomic E-state index is 13.1. The Morgan fingerprint density at radius 3 is 2.56 bits per heavy atom. The number of carboxylic acid groups (broad SMARTS) is 1. The summed E-state index contributed by atoms with van der Waals surface area (Å²) >= 11 is 4.49. The second-order valence-corrected chi connectivity index (χ2v) is 8.60. The monoisotopic (exact) mass is 456 g/mol. The van der Waals surface area contributed by atoms with E-state index in [2.05, 4.69) is 28.6 Å². The van der Waals surface area contributed by atoms with Crippen molar-refractivity contribution in [3.8, 4) is 11.1 Å². The van der Waals surface area contributed by atoms with Gasteiger partial charge in [0.1, 0.15) is 6.04 Å². The molecule has 1 fully saturated rings. The van der Waals surface area contributed by atoms with E-state index in [1.165, 1.54) is 0 Å². The molecule has 0 saturated carbocycles. The van der Waals surface area contributed by atoms with E-state index in [1.54, 1.807) is 6.07 Å². The summed E-state index contributed by atoms with van der Waals surface area (Å²) in [6, 6.07) is 13.9. The number of nitrogens with two attached hydrogens (primary N) is 1. The molecule has 2 aromatic carbocycles. The predicted octanol–water partition coefficient (Wildman–Crippen LogP) is 1.87. The number of amides is 2. The number of thiol groups is 1. The summed E-state index contributed by atoms with van der Waals surface area (Å²) in [5, 5.41) is 19.1. The summed E-state index contributed by atoms with van der Waals surface area (Å²) in [5.41, 5.74) is 7.75. The number of anilines is 1. The zero-order valence-electron chi connectivity index (χ0n) is 17.6. The van der Waals surface area contributed by atoms with Gasteiger partial charge >= 0.3 is 5.97 Å². The summed E-state index contributed by atoms with van der Waals surface area (Å²) in [4.78, 5) is 35.8. The number of rotatable bonds is 10. The molecule has 2 amide bonds. The van der Waals surface area contributed by atoms with Crippen LogP contribution in [0.1, 0.15) is 29.6 Å². The van der Waals surface area contributed by atoms with Crippen molar-refractivity contribution in [1.82, 2.24) is 10.6 Å². The average molecular weight is 457 g/mol. The summed E-state index contributed by atoms with van der Waals surface area (Å²) < 4.78 is 0. The van der Waals surface area contributed by atoms with Crippen LogP contribution >= 0.6 is 12.6 Å². The zero-order valence-corrected chi connectivity index (χ0v) is 18.5. The Balaban J connectivity index is 1.83. The van der Waals surface area contributed by atoms with E-state index in [4.69, 9.17) is 5.73 Å². The van der Waals surface area contributed by atoms with Crippen LogP contribution in [-0.2, 0) is 9.59 Å². The molecular weight excluding hydrogens is 428 g/mol. The first kappa shape index (κ1) is 23.6. The van der Waals surface area contributed by atoms with Crippen molar-refractivity contribution in [2.24, 2.45) is 5.73 Å². The van der Waals surface area contributed by atoms with Crippen molar-refractivity contribution in [3.05, 3.63) is 54.1 Å². The Hall–Kier alpha value is -3.04. The number of hydrogen-bond acceptors (Lipinski definition) is 6. The maximum atomic E-state index is 13.1. The predicted molar refractivity (Wildman–Crippen MR) is 127 cm³/mol. The van der Waals surface area contributed by atoms with E-state index in [0.29, 0.717) is 22.9 Å². The number of aliphatic carboxylic acids is 1. The minimum atomic E-state index is -1.22. The Kier molecular flexibility index (Phi) is 8.13. The minimum absolute atomic E-state index is 0.0761.